The Morgan fingerprint density at radius 3 is 2.35 bits per heavy atom. The van der Waals surface area contributed by atoms with Gasteiger partial charge in [0.25, 0.3) is 5.91 Å². The highest BCUT2D eigenvalue weighted by Crippen LogP contribution is 2.50. The van der Waals surface area contributed by atoms with Crippen molar-refractivity contribution in [2.45, 2.75) is 31.7 Å². The van der Waals surface area contributed by atoms with Crippen LogP contribution in [-0.2, 0) is 16.8 Å². The van der Waals surface area contributed by atoms with E-state index in [4.69, 9.17) is 0 Å². The monoisotopic (exact) mass is 485 g/mol. The summed E-state index contributed by atoms with van der Waals surface area (Å²) < 4.78 is 0. The molecule has 5 nitrogen and oxygen atoms in total. The molecule has 5 heteroatoms. The molecule has 3 amide bonds. The molecular formula is C32H27N3O2. The highest BCUT2D eigenvalue weighted by atomic mass is 16.2. The Hall–Kier alpha value is -4.38. The van der Waals surface area contributed by atoms with E-state index in [9.17, 15) is 9.59 Å². The van der Waals surface area contributed by atoms with E-state index in [0.717, 1.165) is 44.9 Å². The van der Waals surface area contributed by atoms with Gasteiger partial charge in [0.2, 0.25) is 0 Å². The summed E-state index contributed by atoms with van der Waals surface area (Å²) >= 11 is 0. The maximum absolute atomic E-state index is 14.3. The molecule has 2 aliphatic rings. The second-order valence-electron chi connectivity index (χ2n) is 10.2. The molecule has 0 saturated carbocycles. The van der Waals surface area contributed by atoms with Crippen LogP contribution in [0.5, 0.6) is 0 Å². The summed E-state index contributed by atoms with van der Waals surface area (Å²) in [7, 11) is 0. The van der Waals surface area contributed by atoms with Gasteiger partial charge in [-0.3, -0.25) is 4.79 Å². The molecule has 5 aromatic rings. The van der Waals surface area contributed by atoms with Crippen molar-refractivity contribution < 1.29 is 9.59 Å². The molecule has 1 aromatic heterocycles. The van der Waals surface area contributed by atoms with Crippen LogP contribution < -0.4 is 4.90 Å². The number of benzene rings is 4. The zero-order chi connectivity index (χ0) is 25.3. The van der Waals surface area contributed by atoms with Crippen molar-refractivity contribution in [2.75, 3.05) is 11.4 Å². The minimum absolute atomic E-state index is 0.0469. The molecule has 2 unspecified atom stereocenters. The van der Waals surface area contributed by atoms with Crippen molar-refractivity contribution in [3.8, 4) is 0 Å². The molecule has 2 atom stereocenters. The predicted octanol–water partition coefficient (Wildman–Crippen LogP) is 6.71. The number of nitrogens with one attached hydrogen (secondary N) is 1. The third-order valence-corrected chi connectivity index (χ3v) is 8.33. The fourth-order valence-corrected chi connectivity index (χ4v) is 6.29. The highest BCUT2D eigenvalue weighted by molar-refractivity contribution is 6.26. The van der Waals surface area contributed by atoms with Gasteiger partial charge in [-0.2, -0.15) is 0 Å². The number of anilines is 1. The summed E-state index contributed by atoms with van der Waals surface area (Å²) in [5.74, 6) is -0.268. The first-order valence-electron chi connectivity index (χ1n) is 12.9. The van der Waals surface area contributed by atoms with Gasteiger partial charge < -0.3 is 9.88 Å². The number of hydrogen-bond donors (Lipinski definition) is 1. The minimum atomic E-state index is -1.12. The Labute approximate surface area is 215 Å². The molecule has 1 N–H and O–H groups in total. The van der Waals surface area contributed by atoms with Crippen LogP contribution in [0.1, 0.15) is 42.1 Å². The lowest BCUT2D eigenvalue weighted by molar-refractivity contribution is -0.125. The van der Waals surface area contributed by atoms with Crippen molar-refractivity contribution in [3.63, 3.8) is 0 Å². The average Bonchev–Trinajstić information content (AvgIpc) is 3.42. The first-order valence-corrected chi connectivity index (χ1v) is 12.9. The van der Waals surface area contributed by atoms with Gasteiger partial charge in [0.15, 0.2) is 5.54 Å². The standard InChI is InChI=1S/C32H27N3O2/c1-3-20-15-17-22(18-16-20)25-19-34-31(37)35(27-14-8-10-21-9-4-5-11-23(21)27)30(36)32(34,2)29-28(25)24-12-6-7-13-26(24)33-29/h4-18,25,33H,3,19H2,1-2H3. The number of aromatic amines is 1. The topological polar surface area (TPSA) is 56.4 Å². The summed E-state index contributed by atoms with van der Waals surface area (Å²) in [5, 5.41) is 2.99. The largest absolute Gasteiger partial charge is 0.356 e. The van der Waals surface area contributed by atoms with Gasteiger partial charge in [-0.15, -0.1) is 0 Å². The van der Waals surface area contributed by atoms with Gasteiger partial charge >= 0.3 is 6.03 Å². The maximum atomic E-state index is 14.3. The fraction of sp³-hybridized carbons (Fsp3) is 0.188. The number of para-hydroxylation sites is 1. The summed E-state index contributed by atoms with van der Waals surface area (Å²) in [4.78, 5) is 35.2. The van der Waals surface area contributed by atoms with Crippen LogP contribution >= 0.6 is 0 Å². The molecule has 3 heterocycles. The number of H-pyrrole nitrogens is 1. The van der Waals surface area contributed by atoms with Gasteiger partial charge in [0.1, 0.15) is 0 Å². The average molecular weight is 486 g/mol. The summed E-state index contributed by atoms with van der Waals surface area (Å²) in [6.45, 7) is 4.47. The lowest BCUT2D eigenvalue weighted by atomic mass is 9.78. The van der Waals surface area contributed by atoms with Crippen LogP contribution in [0.4, 0.5) is 10.5 Å². The van der Waals surface area contributed by atoms with Gasteiger partial charge in [0, 0.05) is 28.8 Å². The minimum Gasteiger partial charge on any atom is -0.356 e. The number of imide groups is 1. The van der Waals surface area contributed by atoms with Crippen LogP contribution in [0, 0.1) is 0 Å². The fourth-order valence-electron chi connectivity index (χ4n) is 6.29. The lowest BCUT2D eigenvalue weighted by Gasteiger charge is -2.40. The van der Waals surface area contributed by atoms with Crippen LogP contribution in [0.2, 0.25) is 0 Å². The van der Waals surface area contributed by atoms with Crippen LogP contribution in [0.3, 0.4) is 0 Å². The van der Waals surface area contributed by atoms with Crippen molar-refractivity contribution in [1.29, 1.82) is 0 Å². The number of hydrogen-bond acceptors (Lipinski definition) is 2. The Kier molecular flexibility index (Phi) is 4.61. The molecule has 7 rings (SSSR count). The van der Waals surface area contributed by atoms with Gasteiger partial charge in [-0.1, -0.05) is 85.8 Å². The van der Waals surface area contributed by atoms with Crippen LogP contribution in [0.15, 0.2) is 91.0 Å². The Morgan fingerprint density at radius 2 is 1.57 bits per heavy atom. The van der Waals surface area contributed by atoms with Gasteiger partial charge in [-0.05, 0) is 47.6 Å². The number of urea groups is 1. The summed E-state index contributed by atoms with van der Waals surface area (Å²) in [6, 6.07) is 30.2. The number of aromatic nitrogens is 1. The van der Waals surface area contributed by atoms with E-state index in [1.807, 2.05) is 67.6 Å². The Bertz CT molecular complexity index is 1710. The molecule has 1 saturated heterocycles. The molecule has 0 radical (unpaired) electrons. The number of rotatable bonds is 3. The van der Waals surface area contributed by atoms with E-state index in [0.29, 0.717) is 12.2 Å². The van der Waals surface area contributed by atoms with E-state index in [2.05, 4.69) is 42.2 Å². The van der Waals surface area contributed by atoms with Crippen molar-refractivity contribution in [3.05, 3.63) is 113 Å². The number of fused-ring (bicyclic) bond motifs is 6. The molecule has 1 fully saturated rings. The molecule has 182 valence electrons. The molecule has 0 aliphatic carbocycles. The summed E-state index contributed by atoms with van der Waals surface area (Å²) in [6.07, 6.45) is 0.973. The molecule has 37 heavy (non-hydrogen) atoms. The molecule has 0 spiro atoms. The Balaban J connectivity index is 1.45. The number of carbonyl (C=O) groups is 2. The van der Waals surface area contributed by atoms with E-state index in [-0.39, 0.29) is 17.9 Å². The van der Waals surface area contributed by atoms with E-state index >= 15 is 0 Å². The van der Waals surface area contributed by atoms with Gasteiger partial charge in [0.05, 0.1) is 11.4 Å². The quantitative estimate of drug-likeness (QED) is 0.289. The van der Waals surface area contributed by atoms with E-state index in [1.165, 1.54) is 10.5 Å². The van der Waals surface area contributed by atoms with E-state index < -0.39 is 5.54 Å². The summed E-state index contributed by atoms with van der Waals surface area (Å²) in [5.41, 5.74) is 4.83. The molecule has 0 bridgehead atoms. The van der Waals surface area contributed by atoms with Crippen LogP contribution in [-0.4, -0.2) is 28.4 Å². The number of aryl methyl sites for hydroxylation is 1. The SMILES string of the molecule is CCc1ccc(C2CN3C(=O)N(c4cccc5ccccc45)C(=O)C3(C)c3[nH]c4ccccc4c32)cc1. The van der Waals surface area contributed by atoms with Crippen molar-refractivity contribution >= 4 is 39.3 Å². The lowest BCUT2D eigenvalue weighted by Crippen LogP contribution is -2.50. The second-order valence-corrected chi connectivity index (χ2v) is 10.2. The first kappa shape index (κ1) is 21.9. The number of nitrogens with zero attached hydrogens (tertiary/aromatic N) is 2. The van der Waals surface area contributed by atoms with Crippen LogP contribution in [0.25, 0.3) is 21.7 Å². The smallest absolute Gasteiger partial charge is 0.332 e. The zero-order valence-electron chi connectivity index (χ0n) is 20.9. The zero-order valence-corrected chi connectivity index (χ0v) is 20.9. The molecule has 4 aromatic carbocycles. The van der Waals surface area contributed by atoms with Crippen molar-refractivity contribution in [1.82, 2.24) is 9.88 Å². The third-order valence-electron chi connectivity index (χ3n) is 8.33. The second kappa shape index (κ2) is 7.81. The molecule has 2 aliphatic heterocycles. The normalized spacial score (nSPS) is 21.1. The van der Waals surface area contributed by atoms with E-state index in [1.54, 1.807) is 4.90 Å². The van der Waals surface area contributed by atoms with Crippen molar-refractivity contribution in [2.24, 2.45) is 0 Å². The Morgan fingerprint density at radius 1 is 0.865 bits per heavy atom. The maximum Gasteiger partial charge on any atom is 0.332 e. The molecular weight excluding hydrogens is 458 g/mol. The number of carbonyl (C=O) groups excluding carboxylic acids is 2. The highest BCUT2D eigenvalue weighted by Gasteiger charge is 2.60. The van der Waals surface area contributed by atoms with Gasteiger partial charge in [-0.25, -0.2) is 9.69 Å². The third kappa shape index (κ3) is 2.91. The number of amides is 3. The predicted molar refractivity (Wildman–Crippen MR) is 147 cm³/mol. The first-order chi connectivity index (χ1) is 18.0.